The predicted octanol–water partition coefficient (Wildman–Crippen LogP) is 3.71. The van der Waals surface area contributed by atoms with Crippen LogP contribution < -0.4 is 0 Å². The molecule has 18 heavy (non-hydrogen) atoms. The van der Waals surface area contributed by atoms with Crippen molar-refractivity contribution in [2.75, 3.05) is 6.61 Å². The molecule has 1 aliphatic heterocycles. The van der Waals surface area contributed by atoms with Crippen molar-refractivity contribution in [1.29, 1.82) is 0 Å². The van der Waals surface area contributed by atoms with Crippen molar-refractivity contribution in [3.8, 4) is 0 Å². The number of rotatable bonds is 0. The molecule has 2 aliphatic carbocycles. The first-order chi connectivity index (χ1) is 8.45. The SMILES string of the molecule is CC1(C)CCC[C@@]2(C)[C@@H]1CC=C1C(=O)OCC[C@@H]12. The number of ether oxygens (including phenoxy) is 1. The molecule has 0 aromatic rings. The number of carbonyl (C=O) groups excluding carboxylic acids is 1. The van der Waals surface area contributed by atoms with Gasteiger partial charge in [0.05, 0.1) is 6.61 Å². The van der Waals surface area contributed by atoms with Gasteiger partial charge >= 0.3 is 5.97 Å². The minimum Gasteiger partial charge on any atom is -0.462 e. The summed E-state index contributed by atoms with van der Waals surface area (Å²) in [7, 11) is 0. The zero-order chi connectivity index (χ0) is 13.0. The molecular formula is C16H24O2. The van der Waals surface area contributed by atoms with Crippen molar-refractivity contribution in [3.05, 3.63) is 11.6 Å². The normalized spacial score (nSPS) is 42.4. The molecule has 2 heteroatoms. The summed E-state index contributed by atoms with van der Waals surface area (Å²) < 4.78 is 5.22. The van der Waals surface area contributed by atoms with Crippen molar-refractivity contribution < 1.29 is 9.53 Å². The third-order valence-electron chi connectivity index (χ3n) is 5.90. The lowest BCUT2D eigenvalue weighted by Crippen LogP contribution is -2.51. The zero-order valence-electron chi connectivity index (χ0n) is 11.8. The van der Waals surface area contributed by atoms with E-state index >= 15 is 0 Å². The van der Waals surface area contributed by atoms with Gasteiger partial charge in [0.15, 0.2) is 0 Å². The summed E-state index contributed by atoms with van der Waals surface area (Å²) in [5.41, 5.74) is 1.71. The minimum absolute atomic E-state index is 0.0469. The molecule has 1 saturated heterocycles. The lowest BCUT2D eigenvalue weighted by atomic mass is 9.48. The first kappa shape index (κ1) is 12.3. The Bertz CT molecular complexity index is 407. The lowest BCUT2D eigenvalue weighted by molar-refractivity contribution is -0.148. The van der Waals surface area contributed by atoms with Crippen LogP contribution in [-0.4, -0.2) is 12.6 Å². The Labute approximate surface area is 110 Å². The molecule has 100 valence electrons. The van der Waals surface area contributed by atoms with Crippen molar-refractivity contribution in [2.45, 2.75) is 52.9 Å². The van der Waals surface area contributed by atoms with Gasteiger partial charge < -0.3 is 4.74 Å². The van der Waals surface area contributed by atoms with Crippen LogP contribution in [0.15, 0.2) is 11.6 Å². The molecule has 2 nitrogen and oxygen atoms in total. The van der Waals surface area contributed by atoms with Gasteiger partial charge in [0.1, 0.15) is 0 Å². The van der Waals surface area contributed by atoms with Gasteiger partial charge in [-0.3, -0.25) is 0 Å². The van der Waals surface area contributed by atoms with Gasteiger partial charge in [0.25, 0.3) is 0 Å². The molecule has 0 radical (unpaired) electrons. The van der Waals surface area contributed by atoms with Crippen LogP contribution >= 0.6 is 0 Å². The number of carbonyl (C=O) groups is 1. The zero-order valence-corrected chi connectivity index (χ0v) is 11.8. The van der Waals surface area contributed by atoms with E-state index in [2.05, 4.69) is 26.8 Å². The molecule has 0 N–H and O–H groups in total. The smallest absolute Gasteiger partial charge is 0.333 e. The Morgan fingerprint density at radius 3 is 2.83 bits per heavy atom. The van der Waals surface area contributed by atoms with Crippen molar-refractivity contribution in [1.82, 2.24) is 0 Å². The van der Waals surface area contributed by atoms with E-state index in [9.17, 15) is 4.79 Å². The first-order valence-corrected chi connectivity index (χ1v) is 7.32. The van der Waals surface area contributed by atoms with Gasteiger partial charge in [0, 0.05) is 5.57 Å². The third kappa shape index (κ3) is 1.57. The van der Waals surface area contributed by atoms with E-state index in [1.54, 1.807) is 0 Å². The number of hydrogen-bond acceptors (Lipinski definition) is 2. The predicted molar refractivity (Wildman–Crippen MR) is 71.0 cm³/mol. The van der Waals surface area contributed by atoms with Crippen molar-refractivity contribution >= 4 is 5.97 Å². The largest absolute Gasteiger partial charge is 0.462 e. The van der Waals surface area contributed by atoms with E-state index in [0.29, 0.717) is 23.4 Å². The van der Waals surface area contributed by atoms with E-state index < -0.39 is 0 Å². The fourth-order valence-electron chi connectivity index (χ4n) is 4.98. The fourth-order valence-corrected chi connectivity index (χ4v) is 4.98. The number of allylic oxidation sites excluding steroid dienone is 1. The number of esters is 1. The summed E-state index contributed by atoms with van der Waals surface area (Å²) in [5.74, 6) is 1.12. The Balaban J connectivity index is 2.02. The summed E-state index contributed by atoms with van der Waals surface area (Å²) >= 11 is 0. The fraction of sp³-hybridized carbons (Fsp3) is 0.812. The molecule has 1 saturated carbocycles. The van der Waals surface area contributed by atoms with E-state index in [-0.39, 0.29) is 5.97 Å². The van der Waals surface area contributed by atoms with Crippen LogP contribution in [-0.2, 0) is 9.53 Å². The van der Waals surface area contributed by atoms with E-state index in [1.165, 1.54) is 19.3 Å². The Morgan fingerprint density at radius 1 is 1.28 bits per heavy atom. The quantitative estimate of drug-likeness (QED) is 0.611. The summed E-state index contributed by atoms with van der Waals surface area (Å²) in [5, 5.41) is 0. The monoisotopic (exact) mass is 248 g/mol. The molecule has 0 amide bonds. The summed E-state index contributed by atoms with van der Waals surface area (Å²) in [6.07, 6.45) is 8.18. The lowest BCUT2D eigenvalue weighted by Gasteiger charge is -2.57. The maximum absolute atomic E-state index is 11.9. The van der Waals surface area contributed by atoms with Gasteiger partial charge in [-0.25, -0.2) is 4.79 Å². The third-order valence-corrected chi connectivity index (χ3v) is 5.90. The topological polar surface area (TPSA) is 26.3 Å². The van der Waals surface area contributed by atoms with Gasteiger partial charge in [0.2, 0.25) is 0 Å². The van der Waals surface area contributed by atoms with Gasteiger partial charge in [-0.05, 0) is 48.3 Å². The molecule has 0 unspecified atom stereocenters. The molecule has 0 aromatic carbocycles. The molecular weight excluding hydrogens is 224 g/mol. The standard InChI is InChI=1S/C16H24O2/c1-15(2)8-4-9-16(3)12-7-10-18-14(17)11(12)5-6-13(15)16/h5,12-13H,4,6-10H2,1-3H3/t12-,13+,16+/m0/s1. The molecule has 3 atom stereocenters. The second-order valence-electron chi connectivity index (χ2n) is 7.27. The molecule has 1 heterocycles. The second-order valence-corrected chi connectivity index (χ2v) is 7.27. The molecule has 3 rings (SSSR count). The molecule has 2 fully saturated rings. The van der Waals surface area contributed by atoms with Crippen LogP contribution in [0.5, 0.6) is 0 Å². The van der Waals surface area contributed by atoms with Crippen LogP contribution in [0.3, 0.4) is 0 Å². The maximum atomic E-state index is 11.9. The number of cyclic esters (lactones) is 1. The van der Waals surface area contributed by atoms with Crippen molar-refractivity contribution in [3.63, 3.8) is 0 Å². The Kier molecular flexibility index (Phi) is 2.62. The van der Waals surface area contributed by atoms with E-state index in [1.807, 2.05) is 0 Å². The minimum atomic E-state index is -0.0469. The van der Waals surface area contributed by atoms with Crippen LogP contribution in [0.1, 0.15) is 52.9 Å². The van der Waals surface area contributed by atoms with Crippen LogP contribution in [0.2, 0.25) is 0 Å². The first-order valence-electron chi connectivity index (χ1n) is 7.32. The second kappa shape index (κ2) is 3.85. The highest BCUT2D eigenvalue weighted by molar-refractivity contribution is 5.90. The van der Waals surface area contributed by atoms with Crippen molar-refractivity contribution in [2.24, 2.45) is 22.7 Å². The summed E-state index contributed by atoms with van der Waals surface area (Å²) in [6, 6.07) is 0. The number of hydrogen-bond donors (Lipinski definition) is 0. The highest BCUT2D eigenvalue weighted by Crippen LogP contribution is 2.60. The maximum Gasteiger partial charge on any atom is 0.333 e. The average molecular weight is 248 g/mol. The average Bonchev–Trinajstić information content (AvgIpc) is 2.29. The summed E-state index contributed by atoms with van der Waals surface area (Å²) in [4.78, 5) is 11.9. The van der Waals surface area contributed by atoms with Gasteiger partial charge in [-0.1, -0.05) is 33.3 Å². The van der Waals surface area contributed by atoms with Gasteiger partial charge in [-0.15, -0.1) is 0 Å². The van der Waals surface area contributed by atoms with Gasteiger partial charge in [-0.2, -0.15) is 0 Å². The van der Waals surface area contributed by atoms with Crippen LogP contribution in [0.25, 0.3) is 0 Å². The molecule has 0 bridgehead atoms. The molecule has 0 aromatic heterocycles. The van der Waals surface area contributed by atoms with E-state index in [0.717, 1.165) is 24.3 Å². The summed E-state index contributed by atoms with van der Waals surface area (Å²) in [6.45, 7) is 7.86. The molecule has 0 spiro atoms. The van der Waals surface area contributed by atoms with Crippen LogP contribution in [0.4, 0.5) is 0 Å². The van der Waals surface area contributed by atoms with Crippen LogP contribution in [0, 0.1) is 22.7 Å². The number of fused-ring (bicyclic) bond motifs is 3. The molecule has 3 aliphatic rings. The Morgan fingerprint density at radius 2 is 2.06 bits per heavy atom. The Hall–Kier alpha value is -0.790. The van der Waals surface area contributed by atoms with E-state index in [4.69, 9.17) is 4.74 Å². The highest BCUT2D eigenvalue weighted by atomic mass is 16.5. The highest BCUT2D eigenvalue weighted by Gasteiger charge is 2.54.